The molecule has 0 fully saturated rings. The van der Waals surface area contributed by atoms with Crippen LogP contribution < -0.4 is 9.47 Å². The summed E-state index contributed by atoms with van der Waals surface area (Å²) >= 11 is 0. The minimum absolute atomic E-state index is 0.0356. The van der Waals surface area contributed by atoms with Crippen molar-refractivity contribution in [2.24, 2.45) is 0 Å². The van der Waals surface area contributed by atoms with Crippen LogP contribution in [0.15, 0.2) is 48.5 Å². The van der Waals surface area contributed by atoms with E-state index in [9.17, 15) is 9.59 Å². The zero-order valence-electron chi connectivity index (χ0n) is 16.4. The van der Waals surface area contributed by atoms with Crippen LogP contribution in [-0.4, -0.2) is 23.6 Å². The quantitative estimate of drug-likeness (QED) is 0.550. The topological polar surface area (TPSA) is 61.8 Å². The fraction of sp³-hybridized carbons (Fsp3) is 0.364. The Labute approximate surface area is 160 Å². The highest BCUT2D eigenvalue weighted by Crippen LogP contribution is 2.21. The number of carbonyl (C=O) groups is 2. The van der Waals surface area contributed by atoms with E-state index < -0.39 is 11.6 Å². The molecule has 5 heteroatoms. The number of benzene rings is 2. The lowest BCUT2D eigenvalue weighted by atomic mass is 10.1. The molecule has 27 heavy (non-hydrogen) atoms. The Hall–Kier alpha value is -2.82. The standard InChI is InChI=1S/C22H26O5/c1-15(2)25-18-7-6-8-19(14-18)26-21(24)17-11-9-16(10-12-17)13-20(23)27-22(3,4)5/h6-12,14-15H,13H2,1-5H3. The van der Waals surface area contributed by atoms with Crippen molar-refractivity contribution in [1.29, 1.82) is 0 Å². The van der Waals surface area contributed by atoms with Gasteiger partial charge in [-0.05, 0) is 64.4 Å². The third kappa shape index (κ3) is 7.13. The molecule has 0 saturated carbocycles. The minimum atomic E-state index is -0.519. The normalized spacial score (nSPS) is 11.2. The van der Waals surface area contributed by atoms with Crippen LogP contribution in [0.2, 0.25) is 0 Å². The molecule has 0 bridgehead atoms. The molecule has 2 aromatic rings. The third-order valence-corrected chi connectivity index (χ3v) is 3.35. The van der Waals surface area contributed by atoms with Crippen LogP contribution in [0.5, 0.6) is 11.5 Å². The van der Waals surface area contributed by atoms with Gasteiger partial charge in [0.05, 0.1) is 18.1 Å². The van der Waals surface area contributed by atoms with Gasteiger partial charge in [0.1, 0.15) is 17.1 Å². The second-order valence-corrected chi connectivity index (χ2v) is 7.49. The molecule has 0 radical (unpaired) electrons. The molecule has 0 heterocycles. The average molecular weight is 370 g/mol. The van der Waals surface area contributed by atoms with E-state index in [1.807, 2.05) is 40.7 Å². The summed E-state index contributed by atoms with van der Waals surface area (Å²) in [5.41, 5.74) is 0.653. The maximum absolute atomic E-state index is 12.3. The van der Waals surface area contributed by atoms with E-state index in [4.69, 9.17) is 14.2 Å². The monoisotopic (exact) mass is 370 g/mol. The van der Waals surface area contributed by atoms with Crippen molar-refractivity contribution in [2.75, 3.05) is 0 Å². The number of rotatable bonds is 6. The predicted octanol–water partition coefficient (Wildman–Crippen LogP) is 4.58. The molecule has 0 unspecified atom stereocenters. The van der Waals surface area contributed by atoms with Crippen molar-refractivity contribution in [3.05, 3.63) is 59.7 Å². The van der Waals surface area contributed by atoms with E-state index in [-0.39, 0.29) is 18.5 Å². The molecule has 0 aliphatic heterocycles. The van der Waals surface area contributed by atoms with Gasteiger partial charge < -0.3 is 14.2 Å². The number of carbonyl (C=O) groups excluding carboxylic acids is 2. The Balaban J connectivity index is 1.98. The Bertz CT molecular complexity index is 785. The second kappa shape index (κ2) is 8.71. The summed E-state index contributed by atoms with van der Waals surface area (Å²) in [4.78, 5) is 24.2. The maximum atomic E-state index is 12.3. The fourth-order valence-corrected chi connectivity index (χ4v) is 2.35. The molecule has 0 amide bonds. The lowest BCUT2D eigenvalue weighted by Crippen LogP contribution is -2.24. The van der Waals surface area contributed by atoms with Crippen molar-refractivity contribution in [2.45, 2.75) is 52.7 Å². The van der Waals surface area contributed by atoms with E-state index in [1.54, 1.807) is 42.5 Å². The van der Waals surface area contributed by atoms with Crippen molar-refractivity contribution in [1.82, 2.24) is 0 Å². The lowest BCUT2D eigenvalue weighted by molar-refractivity contribution is -0.153. The van der Waals surface area contributed by atoms with Gasteiger partial charge >= 0.3 is 11.9 Å². The van der Waals surface area contributed by atoms with Gasteiger partial charge in [0, 0.05) is 6.07 Å². The third-order valence-electron chi connectivity index (χ3n) is 3.35. The zero-order chi connectivity index (χ0) is 20.0. The summed E-state index contributed by atoms with van der Waals surface area (Å²) in [5, 5.41) is 0. The van der Waals surface area contributed by atoms with Crippen LogP contribution in [0.25, 0.3) is 0 Å². The summed E-state index contributed by atoms with van der Waals surface area (Å²) in [6, 6.07) is 13.7. The van der Waals surface area contributed by atoms with Crippen LogP contribution in [0, 0.1) is 0 Å². The molecule has 0 aliphatic rings. The van der Waals surface area contributed by atoms with Gasteiger partial charge in [0.2, 0.25) is 0 Å². The van der Waals surface area contributed by atoms with Gasteiger partial charge in [-0.1, -0.05) is 18.2 Å². The molecule has 0 aromatic heterocycles. The molecule has 0 N–H and O–H groups in total. The van der Waals surface area contributed by atoms with Crippen LogP contribution in [0.1, 0.15) is 50.5 Å². The lowest BCUT2D eigenvalue weighted by Gasteiger charge is -2.19. The van der Waals surface area contributed by atoms with Gasteiger partial charge in [-0.15, -0.1) is 0 Å². The first-order chi connectivity index (χ1) is 12.6. The molecule has 144 valence electrons. The molecular weight excluding hydrogens is 344 g/mol. The summed E-state index contributed by atoms with van der Waals surface area (Å²) in [5.74, 6) is 0.277. The molecule has 0 atom stereocenters. The van der Waals surface area contributed by atoms with Gasteiger partial charge in [-0.2, -0.15) is 0 Å². The predicted molar refractivity (Wildman–Crippen MR) is 103 cm³/mol. The average Bonchev–Trinajstić information content (AvgIpc) is 2.53. The van der Waals surface area contributed by atoms with Crippen molar-refractivity contribution >= 4 is 11.9 Å². The highest BCUT2D eigenvalue weighted by Gasteiger charge is 2.17. The molecule has 0 aliphatic carbocycles. The second-order valence-electron chi connectivity index (χ2n) is 7.49. The Morgan fingerprint density at radius 2 is 1.59 bits per heavy atom. The molecule has 5 nitrogen and oxygen atoms in total. The SMILES string of the molecule is CC(C)Oc1cccc(OC(=O)c2ccc(CC(=O)OC(C)(C)C)cc2)c1. The van der Waals surface area contributed by atoms with E-state index in [1.165, 1.54) is 0 Å². The summed E-state index contributed by atoms with van der Waals surface area (Å²) in [6.07, 6.45) is 0.190. The number of esters is 2. The highest BCUT2D eigenvalue weighted by molar-refractivity contribution is 5.91. The van der Waals surface area contributed by atoms with Crippen molar-refractivity contribution in [3.63, 3.8) is 0 Å². The number of hydrogen-bond acceptors (Lipinski definition) is 5. The van der Waals surface area contributed by atoms with Crippen LogP contribution in [0.4, 0.5) is 0 Å². The van der Waals surface area contributed by atoms with Crippen LogP contribution in [-0.2, 0) is 16.0 Å². The number of ether oxygens (including phenoxy) is 3. The van der Waals surface area contributed by atoms with Gasteiger partial charge in [0.25, 0.3) is 0 Å². The molecule has 2 rings (SSSR count). The summed E-state index contributed by atoms with van der Waals surface area (Å²) in [7, 11) is 0. The van der Waals surface area contributed by atoms with E-state index in [2.05, 4.69) is 0 Å². The van der Waals surface area contributed by atoms with E-state index in [0.717, 1.165) is 5.56 Å². The Kier molecular flexibility index (Phi) is 6.61. The zero-order valence-corrected chi connectivity index (χ0v) is 16.4. The first kappa shape index (κ1) is 20.5. The van der Waals surface area contributed by atoms with Gasteiger partial charge in [-0.3, -0.25) is 4.79 Å². The smallest absolute Gasteiger partial charge is 0.343 e. The number of hydrogen-bond donors (Lipinski definition) is 0. The van der Waals surface area contributed by atoms with Crippen molar-refractivity contribution < 1.29 is 23.8 Å². The minimum Gasteiger partial charge on any atom is -0.491 e. The van der Waals surface area contributed by atoms with Crippen molar-refractivity contribution in [3.8, 4) is 11.5 Å². The van der Waals surface area contributed by atoms with E-state index in [0.29, 0.717) is 17.1 Å². The van der Waals surface area contributed by atoms with Gasteiger partial charge in [-0.25, -0.2) is 4.79 Å². The van der Waals surface area contributed by atoms with Gasteiger partial charge in [0.15, 0.2) is 0 Å². The largest absolute Gasteiger partial charge is 0.491 e. The summed E-state index contributed by atoms with van der Waals surface area (Å²) < 4.78 is 16.3. The molecule has 0 saturated heterocycles. The molecular formula is C22H26O5. The fourth-order valence-electron chi connectivity index (χ4n) is 2.35. The first-order valence-electron chi connectivity index (χ1n) is 8.92. The molecule has 0 spiro atoms. The highest BCUT2D eigenvalue weighted by atomic mass is 16.6. The van der Waals surface area contributed by atoms with Crippen LogP contribution in [0.3, 0.4) is 0 Å². The van der Waals surface area contributed by atoms with Crippen LogP contribution >= 0.6 is 0 Å². The maximum Gasteiger partial charge on any atom is 0.343 e. The Morgan fingerprint density at radius 3 is 2.19 bits per heavy atom. The summed E-state index contributed by atoms with van der Waals surface area (Å²) in [6.45, 7) is 9.33. The van der Waals surface area contributed by atoms with E-state index >= 15 is 0 Å². The first-order valence-corrected chi connectivity index (χ1v) is 8.92. The molecule has 2 aromatic carbocycles. The Morgan fingerprint density at radius 1 is 0.963 bits per heavy atom.